The fourth-order valence-electron chi connectivity index (χ4n) is 1.66. The van der Waals surface area contributed by atoms with Gasteiger partial charge in [-0.25, -0.2) is 4.79 Å². The van der Waals surface area contributed by atoms with Gasteiger partial charge >= 0.3 is 6.09 Å². The highest BCUT2D eigenvalue weighted by Crippen LogP contribution is 2.26. The summed E-state index contributed by atoms with van der Waals surface area (Å²) in [6.07, 6.45) is -2.99. The maximum atomic E-state index is 11.6. The monoisotopic (exact) mass is 321 g/mol. The van der Waals surface area contributed by atoms with Crippen molar-refractivity contribution in [3.05, 3.63) is 0 Å². The Labute approximate surface area is 119 Å². The lowest BCUT2D eigenvalue weighted by Gasteiger charge is -2.37. The van der Waals surface area contributed by atoms with Crippen LogP contribution in [0.3, 0.4) is 0 Å². The number of ether oxygens (including phenoxy) is 1. The zero-order valence-electron chi connectivity index (χ0n) is 9.30. The summed E-state index contributed by atoms with van der Waals surface area (Å²) in [7, 11) is 0. The molecule has 0 aromatic carbocycles. The summed E-state index contributed by atoms with van der Waals surface area (Å²) in [6.45, 7) is -0.814. The average Bonchev–Trinajstić information content (AvgIpc) is 2.28. The molecule has 0 aromatic rings. The molecule has 106 valence electrons. The number of carbonyl (C=O) groups excluding carboxylic acids is 1. The summed E-state index contributed by atoms with van der Waals surface area (Å²) in [5, 5.41) is 28.1. The molecule has 18 heavy (non-hydrogen) atoms. The van der Waals surface area contributed by atoms with Gasteiger partial charge in [0, 0.05) is 12.5 Å². The van der Waals surface area contributed by atoms with Gasteiger partial charge in [-0.1, -0.05) is 34.8 Å². The third-order valence-corrected chi connectivity index (χ3v) is 2.92. The third-order valence-electron chi connectivity index (χ3n) is 2.59. The number of piperidine rings is 1. The number of aliphatic hydroxyl groups excluding tert-OH is 3. The van der Waals surface area contributed by atoms with E-state index in [1.54, 1.807) is 0 Å². The van der Waals surface area contributed by atoms with E-state index in [-0.39, 0.29) is 19.7 Å². The molecule has 0 bridgehead atoms. The Morgan fingerprint density at radius 3 is 2.44 bits per heavy atom. The van der Waals surface area contributed by atoms with Crippen LogP contribution in [0.5, 0.6) is 0 Å². The van der Waals surface area contributed by atoms with Crippen molar-refractivity contribution in [1.82, 2.24) is 4.90 Å². The van der Waals surface area contributed by atoms with Crippen LogP contribution < -0.4 is 0 Å². The van der Waals surface area contributed by atoms with Gasteiger partial charge in [-0.05, 0) is 0 Å². The van der Waals surface area contributed by atoms with Crippen molar-refractivity contribution in [1.29, 1.82) is 0 Å². The molecule has 1 heterocycles. The van der Waals surface area contributed by atoms with E-state index in [4.69, 9.17) is 44.6 Å². The molecule has 1 fully saturated rings. The van der Waals surface area contributed by atoms with Crippen LogP contribution in [0.15, 0.2) is 0 Å². The number of likely N-dealkylation sites (tertiary alicyclic amines) is 1. The second kappa shape index (κ2) is 6.45. The third kappa shape index (κ3) is 4.60. The summed E-state index contributed by atoms with van der Waals surface area (Å²) in [6, 6.07) is 0. The van der Waals surface area contributed by atoms with E-state index in [0.29, 0.717) is 0 Å². The van der Waals surface area contributed by atoms with Crippen molar-refractivity contribution in [3.8, 4) is 0 Å². The molecule has 1 aliphatic heterocycles. The van der Waals surface area contributed by atoms with Gasteiger partial charge < -0.3 is 25.0 Å². The van der Waals surface area contributed by atoms with E-state index < -0.39 is 34.6 Å². The smallest absolute Gasteiger partial charge is 0.410 e. The van der Waals surface area contributed by atoms with E-state index in [1.165, 1.54) is 0 Å². The van der Waals surface area contributed by atoms with Crippen molar-refractivity contribution in [2.24, 2.45) is 5.92 Å². The lowest BCUT2D eigenvalue weighted by Crippen LogP contribution is -2.55. The van der Waals surface area contributed by atoms with E-state index in [9.17, 15) is 15.0 Å². The number of aliphatic hydroxyl groups is 3. The van der Waals surface area contributed by atoms with Gasteiger partial charge in [-0.3, -0.25) is 0 Å². The number of halogens is 3. The van der Waals surface area contributed by atoms with Crippen molar-refractivity contribution in [2.45, 2.75) is 16.0 Å². The second-order valence-electron chi connectivity index (χ2n) is 4.08. The lowest BCUT2D eigenvalue weighted by molar-refractivity contribution is -0.0817. The Morgan fingerprint density at radius 2 is 1.94 bits per heavy atom. The molecule has 0 unspecified atom stereocenters. The minimum absolute atomic E-state index is 0.0629. The molecular formula is C9H14Cl3NO5. The fourth-order valence-corrected chi connectivity index (χ4v) is 1.83. The highest BCUT2D eigenvalue weighted by Gasteiger charge is 2.37. The van der Waals surface area contributed by atoms with E-state index >= 15 is 0 Å². The molecule has 0 aliphatic carbocycles. The maximum absolute atomic E-state index is 11.6. The van der Waals surface area contributed by atoms with Crippen LogP contribution in [0.2, 0.25) is 0 Å². The van der Waals surface area contributed by atoms with Crippen LogP contribution in [0.25, 0.3) is 0 Å². The van der Waals surface area contributed by atoms with Gasteiger partial charge in [0.05, 0.1) is 25.4 Å². The van der Waals surface area contributed by atoms with Gasteiger partial charge in [-0.15, -0.1) is 0 Å². The molecule has 1 rings (SSSR count). The highest BCUT2D eigenvalue weighted by molar-refractivity contribution is 6.67. The minimum atomic E-state index is -1.71. The molecule has 1 aliphatic rings. The number of hydrogen-bond acceptors (Lipinski definition) is 5. The normalized spacial score (nSPS) is 29.2. The molecule has 1 saturated heterocycles. The van der Waals surface area contributed by atoms with Crippen LogP contribution in [-0.2, 0) is 4.74 Å². The topological polar surface area (TPSA) is 90.2 Å². The first-order chi connectivity index (χ1) is 8.24. The SMILES string of the molecule is O=C(OCC(Cl)(Cl)Cl)N1C[C@H](CO)[C@@H](O)[C@H](O)C1. The van der Waals surface area contributed by atoms with E-state index in [0.717, 1.165) is 4.90 Å². The first-order valence-electron chi connectivity index (χ1n) is 5.20. The van der Waals surface area contributed by atoms with Crippen LogP contribution in [0, 0.1) is 5.92 Å². The zero-order chi connectivity index (χ0) is 13.9. The molecule has 9 heteroatoms. The molecule has 1 amide bonds. The van der Waals surface area contributed by atoms with Gasteiger partial charge in [0.1, 0.15) is 6.61 Å². The first kappa shape index (κ1) is 16.1. The number of nitrogens with zero attached hydrogens (tertiary/aromatic N) is 1. The molecule has 0 aromatic heterocycles. The predicted molar refractivity (Wildman–Crippen MR) is 65.8 cm³/mol. The Bertz CT molecular complexity index is 298. The van der Waals surface area contributed by atoms with Crippen molar-refractivity contribution < 1.29 is 24.9 Å². The molecule has 3 atom stereocenters. The van der Waals surface area contributed by atoms with E-state index in [1.807, 2.05) is 0 Å². The molecule has 0 saturated carbocycles. The average molecular weight is 323 g/mol. The first-order valence-corrected chi connectivity index (χ1v) is 6.33. The second-order valence-corrected chi connectivity index (χ2v) is 6.59. The molecule has 3 N–H and O–H groups in total. The number of rotatable bonds is 2. The highest BCUT2D eigenvalue weighted by atomic mass is 35.6. The van der Waals surface area contributed by atoms with Crippen molar-refractivity contribution in [3.63, 3.8) is 0 Å². The number of carbonyl (C=O) groups is 1. The number of β-amino-alcohol motifs (C(OH)–C–C–N with tert-alkyl or cyclic N) is 1. The van der Waals surface area contributed by atoms with Gasteiger partial charge in [0.2, 0.25) is 3.79 Å². The lowest BCUT2D eigenvalue weighted by atomic mass is 9.93. The Hall–Kier alpha value is 0.0200. The maximum Gasteiger partial charge on any atom is 0.410 e. The van der Waals surface area contributed by atoms with Crippen molar-refractivity contribution >= 4 is 40.9 Å². The van der Waals surface area contributed by atoms with Gasteiger partial charge in [-0.2, -0.15) is 0 Å². The fraction of sp³-hybridized carbons (Fsp3) is 0.889. The minimum Gasteiger partial charge on any atom is -0.445 e. The quantitative estimate of drug-likeness (QED) is 0.629. The summed E-state index contributed by atoms with van der Waals surface area (Å²) >= 11 is 16.3. The standard InChI is InChI=1S/C9H14Cl3NO5/c10-9(11,12)4-18-8(17)13-1-5(3-14)7(16)6(15)2-13/h5-7,14-16H,1-4H2/t5-,6-,7-/m1/s1. The summed E-state index contributed by atoms with van der Waals surface area (Å²) in [5.74, 6) is -0.630. The Balaban J connectivity index is 2.53. The predicted octanol–water partition coefficient (Wildman–Crippen LogP) is 0.139. The Morgan fingerprint density at radius 1 is 1.33 bits per heavy atom. The summed E-state index contributed by atoms with van der Waals surface area (Å²) in [5.41, 5.74) is 0. The largest absolute Gasteiger partial charge is 0.445 e. The van der Waals surface area contributed by atoms with Crippen LogP contribution in [-0.4, -0.2) is 68.6 Å². The van der Waals surface area contributed by atoms with Crippen LogP contribution in [0.4, 0.5) is 4.79 Å². The zero-order valence-corrected chi connectivity index (χ0v) is 11.6. The number of amides is 1. The van der Waals surface area contributed by atoms with Crippen LogP contribution >= 0.6 is 34.8 Å². The van der Waals surface area contributed by atoms with Gasteiger partial charge in [0.15, 0.2) is 0 Å². The van der Waals surface area contributed by atoms with Crippen LogP contribution in [0.1, 0.15) is 0 Å². The number of alkyl halides is 3. The van der Waals surface area contributed by atoms with Crippen molar-refractivity contribution in [2.75, 3.05) is 26.3 Å². The summed E-state index contributed by atoms with van der Waals surface area (Å²) in [4.78, 5) is 12.8. The molecule has 0 radical (unpaired) electrons. The Kier molecular flexibility index (Phi) is 5.76. The molecule has 6 nitrogen and oxygen atoms in total. The van der Waals surface area contributed by atoms with E-state index in [2.05, 4.69) is 0 Å². The molecular weight excluding hydrogens is 308 g/mol. The summed E-state index contributed by atoms with van der Waals surface area (Å²) < 4.78 is 3.03. The van der Waals surface area contributed by atoms with Gasteiger partial charge in [0.25, 0.3) is 0 Å². The molecule has 0 spiro atoms. The number of hydrogen-bond donors (Lipinski definition) is 3.